The van der Waals surface area contributed by atoms with Crippen LogP contribution in [-0.4, -0.2) is 47.5 Å². The maximum absolute atomic E-state index is 13.8. The van der Waals surface area contributed by atoms with E-state index in [-0.39, 0.29) is 24.4 Å². The van der Waals surface area contributed by atoms with Crippen LogP contribution in [-0.2, 0) is 14.3 Å². The van der Waals surface area contributed by atoms with E-state index in [1.165, 1.54) is 25.7 Å². The average molecular weight is 516 g/mol. The third kappa shape index (κ3) is 11.1. The molecule has 2 rings (SSSR count). The Balaban J connectivity index is 2.25. The number of carbonyl (C=O) groups excluding carboxylic acids is 3. The predicted octanol–water partition coefficient (Wildman–Crippen LogP) is 6.20. The van der Waals surface area contributed by atoms with Gasteiger partial charge in [-0.3, -0.25) is 9.59 Å². The lowest BCUT2D eigenvalue weighted by Gasteiger charge is -2.34. The van der Waals surface area contributed by atoms with E-state index in [4.69, 9.17) is 4.74 Å². The summed E-state index contributed by atoms with van der Waals surface area (Å²) in [7, 11) is 0. The summed E-state index contributed by atoms with van der Waals surface area (Å²) < 4.78 is 5.32. The van der Waals surface area contributed by atoms with Crippen LogP contribution in [0.2, 0.25) is 0 Å². The van der Waals surface area contributed by atoms with E-state index in [0.717, 1.165) is 56.1 Å². The van der Waals surface area contributed by atoms with Gasteiger partial charge in [-0.2, -0.15) is 0 Å². The molecule has 3 amide bonds. The number of carbonyl (C=O) groups is 3. The lowest BCUT2D eigenvalue weighted by molar-refractivity contribution is -0.140. The first-order valence-corrected chi connectivity index (χ1v) is 14.2. The van der Waals surface area contributed by atoms with E-state index in [9.17, 15) is 14.4 Å². The quantitative estimate of drug-likeness (QED) is 0.306. The van der Waals surface area contributed by atoms with Crippen LogP contribution in [0.25, 0.3) is 0 Å². The topological polar surface area (TPSA) is 87.7 Å². The molecular weight excluding hydrogens is 466 g/mol. The van der Waals surface area contributed by atoms with E-state index < -0.39 is 17.7 Å². The summed E-state index contributed by atoms with van der Waals surface area (Å²) in [6.45, 7) is 9.75. The van der Waals surface area contributed by atoms with Crippen molar-refractivity contribution < 1.29 is 19.1 Å². The van der Waals surface area contributed by atoms with Gasteiger partial charge in [0.15, 0.2) is 0 Å². The third-order valence-electron chi connectivity index (χ3n) is 6.85. The van der Waals surface area contributed by atoms with Crippen molar-refractivity contribution in [2.45, 2.75) is 123 Å². The summed E-state index contributed by atoms with van der Waals surface area (Å²) >= 11 is 0. The van der Waals surface area contributed by atoms with Crippen LogP contribution in [0.3, 0.4) is 0 Å². The number of amides is 3. The number of ether oxygens (including phenoxy) is 1. The fourth-order valence-corrected chi connectivity index (χ4v) is 4.90. The normalized spacial score (nSPS) is 15.1. The summed E-state index contributed by atoms with van der Waals surface area (Å²) in [5.74, 6) is -0.427. The lowest BCUT2D eigenvalue weighted by Crippen LogP contribution is -2.50. The number of rotatable bonds is 13. The number of hydrogen-bond acceptors (Lipinski definition) is 4. The van der Waals surface area contributed by atoms with Gasteiger partial charge < -0.3 is 20.3 Å². The molecule has 1 aliphatic rings. The Hall–Kier alpha value is -2.57. The van der Waals surface area contributed by atoms with Crippen molar-refractivity contribution in [3.8, 4) is 0 Å². The van der Waals surface area contributed by atoms with Crippen LogP contribution in [0.1, 0.15) is 115 Å². The van der Waals surface area contributed by atoms with E-state index >= 15 is 0 Å². The number of nitrogens with zero attached hydrogens (tertiary/aromatic N) is 1. The Morgan fingerprint density at radius 3 is 2.30 bits per heavy atom. The Morgan fingerprint density at radius 2 is 1.65 bits per heavy atom. The van der Waals surface area contributed by atoms with Crippen LogP contribution in [0.4, 0.5) is 4.79 Å². The SMILES string of the molecule is CCCCCCCCN(C(=O)CNC(=O)OC(C)(C)C)C(C(=O)NC1CCCCC1)c1ccccc1C. The monoisotopic (exact) mass is 515 g/mol. The molecule has 1 fully saturated rings. The highest BCUT2D eigenvalue weighted by Crippen LogP contribution is 2.27. The maximum atomic E-state index is 13.8. The molecule has 0 aliphatic heterocycles. The molecule has 1 saturated carbocycles. The molecule has 0 bridgehead atoms. The molecule has 1 aromatic rings. The summed E-state index contributed by atoms with van der Waals surface area (Å²) in [5.41, 5.74) is 1.13. The molecule has 7 nitrogen and oxygen atoms in total. The van der Waals surface area contributed by atoms with E-state index in [0.29, 0.717) is 6.54 Å². The van der Waals surface area contributed by atoms with E-state index in [2.05, 4.69) is 17.6 Å². The van der Waals surface area contributed by atoms with Gasteiger partial charge >= 0.3 is 6.09 Å². The second-order valence-corrected chi connectivity index (χ2v) is 11.3. The van der Waals surface area contributed by atoms with Crippen molar-refractivity contribution in [3.63, 3.8) is 0 Å². The minimum atomic E-state index is -0.744. The van der Waals surface area contributed by atoms with Crippen molar-refractivity contribution in [1.29, 1.82) is 0 Å². The first-order chi connectivity index (χ1) is 17.6. The molecule has 1 unspecified atom stereocenters. The standard InChI is InChI=1S/C30H49N3O4/c1-6-7-8-9-10-16-21-33(26(34)22-31-29(36)37-30(3,4)5)27(25-20-15-14-17-23(25)2)28(35)32-24-18-12-11-13-19-24/h14-15,17,20,24,27H,6-13,16,18-19,21-22H2,1-5H3,(H,31,36)(H,32,35). The average Bonchev–Trinajstić information content (AvgIpc) is 2.84. The van der Waals surface area contributed by atoms with Crippen LogP contribution in [0.15, 0.2) is 24.3 Å². The number of nitrogens with one attached hydrogen (secondary N) is 2. The van der Waals surface area contributed by atoms with Crippen LogP contribution in [0.5, 0.6) is 0 Å². The van der Waals surface area contributed by atoms with Crippen molar-refractivity contribution in [2.24, 2.45) is 0 Å². The molecule has 208 valence electrons. The number of aryl methyl sites for hydroxylation is 1. The zero-order valence-electron chi connectivity index (χ0n) is 23.7. The Morgan fingerprint density at radius 1 is 1.00 bits per heavy atom. The molecule has 2 N–H and O–H groups in total. The van der Waals surface area contributed by atoms with Crippen LogP contribution in [0, 0.1) is 6.92 Å². The van der Waals surface area contributed by atoms with Crippen molar-refractivity contribution in [1.82, 2.24) is 15.5 Å². The fourth-order valence-electron chi connectivity index (χ4n) is 4.90. The van der Waals surface area contributed by atoms with Gasteiger partial charge in [-0.15, -0.1) is 0 Å². The van der Waals surface area contributed by atoms with Gasteiger partial charge in [0.2, 0.25) is 11.8 Å². The minimum absolute atomic E-state index is 0.138. The second kappa shape index (κ2) is 15.6. The molecular formula is C30H49N3O4. The van der Waals surface area contributed by atoms with Gasteiger partial charge in [0.25, 0.3) is 0 Å². The fraction of sp³-hybridized carbons (Fsp3) is 0.700. The number of benzene rings is 1. The highest BCUT2D eigenvalue weighted by Gasteiger charge is 2.33. The molecule has 0 heterocycles. The lowest BCUT2D eigenvalue weighted by atomic mass is 9.94. The molecule has 0 aromatic heterocycles. The second-order valence-electron chi connectivity index (χ2n) is 11.3. The minimum Gasteiger partial charge on any atom is -0.444 e. The van der Waals surface area contributed by atoms with Crippen molar-refractivity contribution >= 4 is 17.9 Å². The molecule has 1 aromatic carbocycles. The molecule has 37 heavy (non-hydrogen) atoms. The molecule has 0 saturated heterocycles. The number of alkyl carbamates (subject to hydrolysis) is 1. The van der Waals surface area contributed by atoms with E-state index in [1.807, 2.05) is 31.2 Å². The van der Waals surface area contributed by atoms with Crippen LogP contribution < -0.4 is 10.6 Å². The summed E-state index contributed by atoms with van der Waals surface area (Å²) in [6.07, 6.45) is 11.2. The van der Waals surface area contributed by atoms with Gasteiger partial charge in [-0.25, -0.2) is 4.79 Å². The summed E-state index contributed by atoms with van der Waals surface area (Å²) in [6, 6.07) is 7.16. The Kier molecular flexibility index (Phi) is 12.9. The van der Waals surface area contributed by atoms with Gasteiger partial charge in [0.1, 0.15) is 18.2 Å². The third-order valence-corrected chi connectivity index (χ3v) is 6.85. The predicted molar refractivity (Wildman–Crippen MR) is 148 cm³/mol. The molecule has 7 heteroatoms. The molecule has 0 radical (unpaired) electrons. The van der Waals surface area contributed by atoms with Crippen molar-refractivity contribution in [3.05, 3.63) is 35.4 Å². The number of unbranched alkanes of at least 4 members (excludes halogenated alkanes) is 5. The maximum Gasteiger partial charge on any atom is 0.408 e. The molecule has 1 atom stereocenters. The highest BCUT2D eigenvalue weighted by atomic mass is 16.6. The first-order valence-electron chi connectivity index (χ1n) is 14.2. The first kappa shape index (κ1) is 30.7. The summed E-state index contributed by atoms with van der Waals surface area (Å²) in [5, 5.41) is 5.84. The largest absolute Gasteiger partial charge is 0.444 e. The zero-order valence-corrected chi connectivity index (χ0v) is 23.7. The van der Waals surface area contributed by atoms with Crippen molar-refractivity contribution in [2.75, 3.05) is 13.1 Å². The molecule has 0 spiro atoms. The zero-order chi connectivity index (χ0) is 27.3. The Bertz CT molecular complexity index is 859. The number of hydrogen-bond donors (Lipinski definition) is 2. The van der Waals surface area contributed by atoms with E-state index in [1.54, 1.807) is 25.7 Å². The summed E-state index contributed by atoms with van der Waals surface area (Å²) in [4.78, 5) is 41.3. The van der Waals surface area contributed by atoms with Crippen LogP contribution >= 0.6 is 0 Å². The Labute approximate surface area is 224 Å². The van der Waals surface area contributed by atoms with Gasteiger partial charge in [0.05, 0.1) is 0 Å². The molecule has 1 aliphatic carbocycles. The van der Waals surface area contributed by atoms with Gasteiger partial charge in [0, 0.05) is 12.6 Å². The van der Waals surface area contributed by atoms with Gasteiger partial charge in [-0.05, 0) is 58.1 Å². The smallest absolute Gasteiger partial charge is 0.408 e. The van der Waals surface area contributed by atoms with Gasteiger partial charge in [-0.1, -0.05) is 82.6 Å². The highest BCUT2D eigenvalue weighted by molar-refractivity contribution is 5.90.